The SMILES string of the molecule is Cc1ccc(C(=O)C2C(c3cccc([N+](=O)[O-])c3)C3CCCN3[C@@]23C(=O)Nc2ccc(Cl)cc23)cc1. The highest BCUT2D eigenvalue weighted by atomic mass is 35.5. The Balaban J connectivity index is 1.62. The number of carbonyl (C=O) groups excluding carboxylic acids is 2. The lowest BCUT2D eigenvalue weighted by molar-refractivity contribution is -0.384. The summed E-state index contributed by atoms with van der Waals surface area (Å²) in [5.74, 6) is -1.59. The number of ketones is 1. The van der Waals surface area contributed by atoms with E-state index in [-0.39, 0.29) is 23.4 Å². The summed E-state index contributed by atoms with van der Waals surface area (Å²) in [6, 6.07) is 19.0. The van der Waals surface area contributed by atoms with Gasteiger partial charge in [-0.25, -0.2) is 0 Å². The summed E-state index contributed by atoms with van der Waals surface area (Å²) >= 11 is 6.43. The molecule has 3 aliphatic heterocycles. The van der Waals surface area contributed by atoms with E-state index in [9.17, 15) is 19.7 Å². The van der Waals surface area contributed by atoms with Gasteiger partial charge in [0.05, 0.1) is 10.8 Å². The second kappa shape index (κ2) is 8.25. The molecule has 182 valence electrons. The van der Waals surface area contributed by atoms with Gasteiger partial charge in [-0.3, -0.25) is 24.6 Å². The van der Waals surface area contributed by atoms with E-state index >= 15 is 0 Å². The molecular weight excluding hydrogens is 478 g/mol. The fourth-order valence-corrected chi connectivity index (χ4v) is 6.82. The van der Waals surface area contributed by atoms with Crippen molar-refractivity contribution in [1.82, 2.24) is 4.90 Å². The third-order valence-corrected chi connectivity index (χ3v) is 8.28. The first-order valence-corrected chi connectivity index (χ1v) is 12.4. The van der Waals surface area contributed by atoms with Crippen molar-refractivity contribution in [2.75, 3.05) is 11.9 Å². The van der Waals surface area contributed by atoms with Crippen molar-refractivity contribution in [3.8, 4) is 0 Å². The van der Waals surface area contributed by atoms with Crippen LogP contribution in [-0.2, 0) is 10.3 Å². The molecular formula is C28H24ClN3O4. The number of nitrogens with one attached hydrogen (secondary N) is 1. The van der Waals surface area contributed by atoms with Gasteiger partial charge in [-0.1, -0.05) is 53.6 Å². The van der Waals surface area contributed by atoms with Gasteiger partial charge in [0.25, 0.3) is 5.69 Å². The Morgan fingerprint density at radius 2 is 1.92 bits per heavy atom. The van der Waals surface area contributed by atoms with Crippen LogP contribution in [0.3, 0.4) is 0 Å². The van der Waals surface area contributed by atoms with Crippen LogP contribution in [0.4, 0.5) is 11.4 Å². The highest BCUT2D eigenvalue weighted by Crippen LogP contribution is 2.61. The Labute approximate surface area is 213 Å². The van der Waals surface area contributed by atoms with E-state index in [0.29, 0.717) is 33.9 Å². The number of aryl methyl sites for hydroxylation is 1. The van der Waals surface area contributed by atoms with Crippen LogP contribution in [0.25, 0.3) is 0 Å². The Kier molecular flexibility index (Phi) is 5.24. The van der Waals surface area contributed by atoms with Gasteiger partial charge in [-0.05, 0) is 50.1 Å². The number of rotatable bonds is 4. The molecule has 3 heterocycles. The molecule has 4 atom stereocenters. The van der Waals surface area contributed by atoms with Crippen LogP contribution in [0.2, 0.25) is 5.02 Å². The third-order valence-electron chi connectivity index (χ3n) is 8.05. The molecule has 0 radical (unpaired) electrons. The maximum absolute atomic E-state index is 14.4. The highest BCUT2D eigenvalue weighted by molar-refractivity contribution is 6.31. The Bertz CT molecular complexity index is 1420. The van der Waals surface area contributed by atoms with Gasteiger partial charge in [-0.2, -0.15) is 0 Å². The Hall–Kier alpha value is -3.55. The number of nitro groups is 1. The topological polar surface area (TPSA) is 92.5 Å². The van der Waals surface area contributed by atoms with E-state index in [4.69, 9.17) is 11.6 Å². The molecule has 3 unspecified atom stereocenters. The molecule has 2 saturated heterocycles. The molecule has 2 fully saturated rings. The average molecular weight is 502 g/mol. The van der Waals surface area contributed by atoms with Crippen LogP contribution < -0.4 is 5.32 Å². The maximum Gasteiger partial charge on any atom is 0.269 e. The zero-order valence-electron chi connectivity index (χ0n) is 19.6. The number of hydrogen-bond donors (Lipinski definition) is 1. The van der Waals surface area contributed by atoms with Gasteiger partial charge >= 0.3 is 0 Å². The number of hydrogen-bond acceptors (Lipinski definition) is 5. The first-order valence-electron chi connectivity index (χ1n) is 12.1. The summed E-state index contributed by atoms with van der Waals surface area (Å²) in [5.41, 5.74) is 2.31. The first kappa shape index (κ1) is 22.9. The number of Topliss-reactive ketones (excluding diaryl/α,β-unsaturated/α-hetero) is 1. The van der Waals surface area contributed by atoms with Crippen LogP contribution in [-0.4, -0.2) is 34.1 Å². The van der Waals surface area contributed by atoms with Crippen molar-refractivity contribution in [1.29, 1.82) is 0 Å². The van der Waals surface area contributed by atoms with Crippen LogP contribution in [0.5, 0.6) is 0 Å². The monoisotopic (exact) mass is 501 g/mol. The summed E-state index contributed by atoms with van der Waals surface area (Å²) in [4.78, 5) is 41.8. The summed E-state index contributed by atoms with van der Waals surface area (Å²) < 4.78 is 0. The van der Waals surface area contributed by atoms with Crippen molar-refractivity contribution >= 4 is 34.7 Å². The third kappa shape index (κ3) is 3.16. The van der Waals surface area contributed by atoms with Crippen LogP contribution in [0.1, 0.15) is 45.8 Å². The van der Waals surface area contributed by atoms with Gasteiger partial charge in [0.1, 0.15) is 5.54 Å². The van der Waals surface area contributed by atoms with Crippen LogP contribution in [0.15, 0.2) is 66.7 Å². The molecule has 3 aromatic carbocycles. The second-order valence-corrected chi connectivity index (χ2v) is 10.3. The molecule has 8 heteroatoms. The normalized spacial score (nSPS) is 26.6. The van der Waals surface area contributed by atoms with Crippen molar-refractivity contribution in [2.24, 2.45) is 5.92 Å². The number of anilines is 1. The van der Waals surface area contributed by atoms with E-state index in [1.54, 1.807) is 42.5 Å². The molecule has 6 rings (SSSR count). The summed E-state index contributed by atoms with van der Waals surface area (Å²) in [5, 5.41) is 15.1. The molecule has 0 bridgehead atoms. The maximum atomic E-state index is 14.4. The summed E-state index contributed by atoms with van der Waals surface area (Å²) in [6.07, 6.45) is 1.66. The van der Waals surface area contributed by atoms with Gasteiger partial charge in [0.2, 0.25) is 5.91 Å². The minimum absolute atomic E-state index is 0.0288. The van der Waals surface area contributed by atoms with Crippen LogP contribution in [0, 0.1) is 23.0 Å². The molecule has 0 aliphatic carbocycles. The number of nitrogens with zero attached hydrogens (tertiary/aromatic N) is 2. The number of amides is 1. The highest BCUT2D eigenvalue weighted by Gasteiger charge is 2.69. The van der Waals surface area contributed by atoms with Gasteiger partial charge in [0, 0.05) is 45.9 Å². The summed E-state index contributed by atoms with van der Waals surface area (Å²) in [6.45, 7) is 2.60. The largest absolute Gasteiger partial charge is 0.324 e. The van der Waals surface area contributed by atoms with Crippen molar-refractivity contribution in [3.05, 3.63) is 104 Å². The number of non-ortho nitro benzene ring substituents is 1. The number of benzene rings is 3. The quantitative estimate of drug-likeness (QED) is 0.291. The lowest BCUT2D eigenvalue weighted by Crippen LogP contribution is -2.52. The van der Waals surface area contributed by atoms with Crippen LogP contribution >= 0.6 is 11.6 Å². The number of nitro benzene ring substituents is 1. The van der Waals surface area contributed by atoms with Gasteiger partial charge in [-0.15, -0.1) is 0 Å². The van der Waals surface area contributed by atoms with E-state index in [2.05, 4.69) is 10.2 Å². The summed E-state index contributed by atoms with van der Waals surface area (Å²) in [7, 11) is 0. The molecule has 7 nitrogen and oxygen atoms in total. The average Bonchev–Trinajstić information content (AvgIpc) is 3.52. The Morgan fingerprint density at radius 1 is 1.14 bits per heavy atom. The fraction of sp³-hybridized carbons (Fsp3) is 0.286. The lowest BCUT2D eigenvalue weighted by Gasteiger charge is -2.37. The predicted molar refractivity (Wildman–Crippen MR) is 136 cm³/mol. The van der Waals surface area contributed by atoms with Crippen molar-refractivity contribution < 1.29 is 14.5 Å². The molecule has 1 amide bonds. The lowest BCUT2D eigenvalue weighted by atomic mass is 9.68. The molecule has 0 saturated carbocycles. The number of carbonyl (C=O) groups is 2. The fourth-order valence-electron chi connectivity index (χ4n) is 6.65. The zero-order valence-corrected chi connectivity index (χ0v) is 20.4. The molecule has 1 N–H and O–H groups in total. The van der Waals surface area contributed by atoms with E-state index in [1.165, 1.54) is 6.07 Å². The smallest absolute Gasteiger partial charge is 0.269 e. The van der Waals surface area contributed by atoms with Gasteiger partial charge < -0.3 is 5.32 Å². The number of fused-ring (bicyclic) bond motifs is 4. The van der Waals surface area contributed by atoms with Crippen molar-refractivity contribution in [3.63, 3.8) is 0 Å². The van der Waals surface area contributed by atoms with Crippen molar-refractivity contribution in [2.45, 2.75) is 37.3 Å². The predicted octanol–water partition coefficient (Wildman–Crippen LogP) is 5.46. The number of halogens is 1. The molecule has 36 heavy (non-hydrogen) atoms. The molecule has 0 aromatic heterocycles. The van der Waals surface area contributed by atoms with E-state index in [0.717, 1.165) is 18.4 Å². The first-order chi connectivity index (χ1) is 17.3. The van der Waals surface area contributed by atoms with E-state index in [1.807, 2.05) is 25.1 Å². The zero-order chi connectivity index (χ0) is 25.2. The minimum Gasteiger partial charge on any atom is -0.324 e. The minimum atomic E-state index is -1.25. The Morgan fingerprint density at radius 3 is 2.67 bits per heavy atom. The second-order valence-electron chi connectivity index (χ2n) is 9.90. The molecule has 1 spiro atoms. The van der Waals surface area contributed by atoms with Gasteiger partial charge in [0.15, 0.2) is 5.78 Å². The molecule has 3 aromatic rings. The van der Waals surface area contributed by atoms with E-state index < -0.39 is 22.3 Å². The molecule has 3 aliphatic rings. The standard InChI is InChI=1S/C28H24ClN3O4/c1-16-7-9-17(10-8-16)26(33)25-24(18-4-2-5-20(14-18)32(35)36)23-6-3-13-31(23)28(25)21-15-19(29)11-12-22(21)30-27(28)34/h2,4-5,7-12,14-15,23-25H,3,6,13H2,1H3,(H,30,34)/t23?,24?,25?,28-/m1/s1.